The molecule has 0 saturated heterocycles. The van der Waals surface area contributed by atoms with Crippen molar-refractivity contribution in [2.75, 3.05) is 10.8 Å². The van der Waals surface area contributed by atoms with Crippen LogP contribution >= 0.6 is 23.2 Å². The molecule has 10 heteroatoms. The van der Waals surface area contributed by atoms with Gasteiger partial charge in [-0.15, -0.1) is 0 Å². The van der Waals surface area contributed by atoms with Gasteiger partial charge in [-0.2, -0.15) is 0 Å². The molecule has 0 aromatic heterocycles. The second kappa shape index (κ2) is 13.1. The van der Waals surface area contributed by atoms with Gasteiger partial charge in [0.1, 0.15) is 12.6 Å². The standard InChI is InChI=1S/C30H35Cl2N3O4S/c1-6-26(29(37)33-30(3,4)5)34(19-22-10-8-7-9-11-22)28(36)20-35(27-18-23(31)14-17-25(27)32)40(38,39)24-15-12-21(2)13-16-24/h7-18,26H,6,19-20H2,1-5H3,(H,33,37)/t26-/m0/s1. The number of hydrogen-bond acceptors (Lipinski definition) is 4. The van der Waals surface area contributed by atoms with Crippen LogP contribution in [0.2, 0.25) is 10.0 Å². The third-order valence-corrected chi connectivity index (χ3v) is 8.47. The maximum absolute atomic E-state index is 14.1. The predicted molar refractivity (Wildman–Crippen MR) is 161 cm³/mol. The summed E-state index contributed by atoms with van der Waals surface area (Å²) in [6.45, 7) is 8.75. The summed E-state index contributed by atoms with van der Waals surface area (Å²) in [4.78, 5) is 28.9. The van der Waals surface area contributed by atoms with Gasteiger partial charge in [0.15, 0.2) is 0 Å². The summed E-state index contributed by atoms with van der Waals surface area (Å²) >= 11 is 12.7. The summed E-state index contributed by atoms with van der Waals surface area (Å²) in [5, 5.41) is 3.32. The van der Waals surface area contributed by atoms with Gasteiger partial charge in [0.05, 0.1) is 15.6 Å². The topological polar surface area (TPSA) is 86.8 Å². The Bertz CT molecular complexity index is 1440. The molecule has 3 aromatic carbocycles. The van der Waals surface area contributed by atoms with E-state index in [0.29, 0.717) is 6.42 Å². The molecule has 3 aromatic rings. The third kappa shape index (κ3) is 7.99. The lowest BCUT2D eigenvalue weighted by Gasteiger charge is -2.35. The largest absolute Gasteiger partial charge is 0.350 e. The molecule has 1 N–H and O–H groups in total. The summed E-state index contributed by atoms with van der Waals surface area (Å²) in [7, 11) is -4.25. The van der Waals surface area contributed by atoms with Gasteiger partial charge in [-0.25, -0.2) is 8.42 Å². The lowest BCUT2D eigenvalue weighted by Crippen LogP contribution is -2.55. The van der Waals surface area contributed by atoms with Crippen LogP contribution in [0.4, 0.5) is 5.69 Å². The van der Waals surface area contributed by atoms with Crippen molar-refractivity contribution in [2.45, 2.75) is 64.1 Å². The highest BCUT2D eigenvalue weighted by molar-refractivity contribution is 7.92. The number of sulfonamides is 1. The summed E-state index contributed by atoms with van der Waals surface area (Å²) in [5.41, 5.74) is 1.22. The second-order valence-corrected chi connectivity index (χ2v) is 13.3. The number of hydrogen-bond donors (Lipinski definition) is 1. The fraction of sp³-hybridized carbons (Fsp3) is 0.333. The van der Waals surface area contributed by atoms with Gasteiger partial charge in [-0.3, -0.25) is 13.9 Å². The first kappa shape index (κ1) is 31.5. The van der Waals surface area contributed by atoms with Crippen molar-refractivity contribution in [3.63, 3.8) is 0 Å². The third-order valence-electron chi connectivity index (χ3n) is 6.14. The van der Waals surface area contributed by atoms with E-state index < -0.39 is 34.1 Å². The molecule has 0 unspecified atom stereocenters. The molecule has 214 valence electrons. The number of halogens is 2. The van der Waals surface area contributed by atoms with Crippen LogP contribution in [0.3, 0.4) is 0 Å². The van der Waals surface area contributed by atoms with Crippen LogP contribution in [0.5, 0.6) is 0 Å². The van der Waals surface area contributed by atoms with E-state index in [0.717, 1.165) is 15.4 Å². The van der Waals surface area contributed by atoms with Gasteiger partial charge in [-0.1, -0.05) is 78.2 Å². The zero-order valence-corrected chi connectivity index (χ0v) is 25.6. The summed E-state index contributed by atoms with van der Waals surface area (Å²) in [6, 6.07) is 19.1. The molecule has 0 saturated carbocycles. The van der Waals surface area contributed by atoms with Crippen molar-refractivity contribution < 1.29 is 18.0 Å². The lowest BCUT2D eigenvalue weighted by molar-refractivity contribution is -0.141. The van der Waals surface area contributed by atoms with E-state index in [1.807, 2.05) is 65.0 Å². The average molecular weight is 605 g/mol. The molecule has 0 aliphatic carbocycles. The Kier molecular flexibility index (Phi) is 10.3. The first-order valence-electron chi connectivity index (χ1n) is 12.9. The van der Waals surface area contributed by atoms with E-state index in [1.54, 1.807) is 12.1 Å². The van der Waals surface area contributed by atoms with Gasteiger partial charge >= 0.3 is 0 Å². The van der Waals surface area contributed by atoms with E-state index in [9.17, 15) is 18.0 Å². The van der Waals surface area contributed by atoms with Crippen molar-refractivity contribution in [3.05, 3.63) is 94.0 Å². The molecule has 40 heavy (non-hydrogen) atoms. The summed E-state index contributed by atoms with van der Waals surface area (Å²) in [5.74, 6) is -0.889. The first-order chi connectivity index (χ1) is 18.7. The lowest BCUT2D eigenvalue weighted by atomic mass is 10.1. The number of benzene rings is 3. The molecule has 0 bridgehead atoms. The minimum atomic E-state index is -4.25. The van der Waals surface area contributed by atoms with E-state index in [4.69, 9.17) is 23.2 Å². The quantitative estimate of drug-likeness (QED) is 0.298. The molecule has 0 spiro atoms. The Balaban J connectivity index is 2.10. The molecule has 0 fully saturated rings. The van der Waals surface area contributed by atoms with Crippen LogP contribution in [0.15, 0.2) is 77.7 Å². The molecule has 0 heterocycles. The number of nitrogens with one attached hydrogen (secondary N) is 1. The number of carbonyl (C=O) groups excluding carboxylic acids is 2. The van der Waals surface area contributed by atoms with Crippen molar-refractivity contribution in [1.29, 1.82) is 0 Å². The zero-order valence-electron chi connectivity index (χ0n) is 23.3. The van der Waals surface area contributed by atoms with Gasteiger partial charge in [-0.05, 0) is 70.0 Å². The van der Waals surface area contributed by atoms with Crippen molar-refractivity contribution in [3.8, 4) is 0 Å². The Morgan fingerprint density at radius 3 is 2.15 bits per heavy atom. The van der Waals surface area contributed by atoms with Gasteiger partial charge < -0.3 is 10.2 Å². The highest BCUT2D eigenvalue weighted by atomic mass is 35.5. The zero-order chi connectivity index (χ0) is 29.7. The molecular formula is C30H35Cl2N3O4S. The maximum Gasteiger partial charge on any atom is 0.264 e. The SMILES string of the molecule is CC[C@@H](C(=O)NC(C)(C)C)N(Cc1ccccc1)C(=O)CN(c1cc(Cl)ccc1Cl)S(=O)(=O)c1ccc(C)cc1. The van der Waals surface area contributed by atoms with E-state index in [-0.39, 0.29) is 33.1 Å². The highest BCUT2D eigenvalue weighted by Crippen LogP contribution is 2.33. The van der Waals surface area contributed by atoms with Crippen molar-refractivity contribution >= 4 is 50.7 Å². The van der Waals surface area contributed by atoms with Gasteiger partial charge in [0.2, 0.25) is 11.8 Å². The Labute approximate surface area is 247 Å². The van der Waals surface area contributed by atoms with Crippen LogP contribution in [-0.4, -0.2) is 43.3 Å². The number of amides is 2. The van der Waals surface area contributed by atoms with Crippen LogP contribution < -0.4 is 9.62 Å². The molecule has 0 radical (unpaired) electrons. The minimum absolute atomic E-state index is 0.00549. The first-order valence-corrected chi connectivity index (χ1v) is 15.1. The van der Waals surface area contributed by atoms with Crippen molar-refractivity contribution in [2.24, 2.45) is 0 Å². The smallest absolute Gasteiger partial charge is 0.264 e. The Hall–Kier alpha value is -3.07. The van der Waals surface area contributed by atoms with E-state index >= 15 is 0 Å². The van der Waals surface area contributed by atoms with Crippen LogP contribution in [0, 0.1) is 6.92 Å². The highest BCUT2D eigenvalue weighted by Gasteiger charge is 2.35. The van der Waals surface area contributed by atoms with Crippen molar-refractivity contribution in [1.82, 2.24) is 10.2 Å². The number of nitrogens with zero attached hydrogens (tertiary/aromatic N) is 2. The molecule has 1 atom stereocenters. The van der Waals surface area contributed by atoms with Crippen LogP contribution in [0.1, 0.15) is 45.2 Å². The van der Waals surface area contributed by atoms with Gasteiger partial charge in [0, 0.05) is 17.1 Å². The maximum atomic E-state index is 14.1. The minimum Gasteiger partial charge on any atom is -0.350 e. The molecular weight excluding hydrogens is 569 g/mol. The second-order valence-electron chi connectivity index (χ2n) is 10.6. The molecule has 0 aliphatic rings. The number of rotatable bonds is 10. The van der Waals surface area contributed by atoms with E-state index in [1.165, 1.54) is 35.2 Å². The number of carbonyl (C=O) groups is 2. The van der Waals surface area contributed by atoms with Crippen LogP contribution in [0.25, 0.3) is 0 Å². The molecule has 7 nitrogen and oxygen atoms in total. The Morgan fingerprint density at radius 1 is 0.950 bits per heavy atom. The van der Waals surface area contributed by atoms with Crippen LogP contribution in [-0.2, 0) is 26.2 Å². The van der Waals surface area contributed by atoms with Gasteiger partial charge in [0.25, 0.3) is 10.0 Å². The average Bonchev–Trinajstić information content (AvgIpc) is 2.88. The fourth-order valence-electron chi connectivity index (χ4n) is 4.18. The predicted octanol–water partition coefficient (Wildman–Crippen LogP) is 6.22. The Morgan fingerprint density at radius 2 is 1.57 bits per heavy atom. The fourth-order valence-corrected chi connectivity index (χ4v) is 6.04. The summed E-state index contributed by atoms with van der Waals surface area (Å²) < 4.78 is 28.9. The number of aryl methyl sites for hydroxylation is 1. The molecule has 3 rings (SSSR count). The summed E-state index contributed by atoms with van der Waals surface area (Å²) in [6.07, 6.45) is 0.323. The van der Waals surface area contributed by atoms with E-state index in [2.05, 4.69) is 5.32 Å². The molecule has 2 amide bonds. The normalized spacial score (nSPS) is 12.5. The number of anilines is 1. The molecule has 0 aliphatic heterocycles. The monoisotopic (exact) mass is 603 g/mol.